The second kappa shape index (κ2) is 12.2. The molecule has 1 saturated heterocycles. The monoisotopic (exact) mass is 526 g/mol. The number of imidazole rings is 1. The van der Waals surface area contributed by atoms with Crippen LogP contribution in [0.4, 0.5) is 5.82 Å². The molecule has 8 nitrogen and oxygen atoms in total. The minimum absolute atomic E-state index is 0.0971. The molecule has 2 fully saturated rings. The van der Waals surface area contributed by atoms with Crippen LogP contribution in [-0.2, 0) is 15.9 Å². The van der Waals surface area contributed by atoms with Crippen molar-refractivity contribution in [2.45, 2.75) is 50.4 Å². The summed E-state index contributed by atoms with van der Waals surface area (Å²) >= 11 is 0. The van der Waals surface area contributed by atoms with Crippen molar-refractivity contribution in [3.8, 4) is 0 Å². The zero-order valence-electron chi connectivity index (χ0n) is 22.6. The highest BCUT2D eigenvalue weighted by atomic mass is 16.5. The molecule has 8 heteroatoms. The summed E-state index contributed by atoms with van der Waals surface area (Å²) in [6, 6.07) is 21.3. The zero-order valence-corrected chi connectivity index (χ0v) is 22.6. The molecule has 2 aliphatic rings. The van der Waals surface area contributed by atoms with Gasteiger partial charge in [0.2, 0.25) is 0 Å². The van der Waals surface area contributed by atoms with Gasteiger partial charge in [-0.05, 0) is 49.3 Å². The van der Waals surface area contributed by atoms with E-state index in [2.05, 4.69) is 75.9 Å². The first kappa shape index (κ1) is 25.9. The number of fused-ring (bicyclic) bond motifs is 1. The third-order valence-electron chi connectivity index (χ3n) is 7.75. The van der Waals surface area contributed by atoms with E-state index in [1.807, 2.05) is 6.33 Å². The fourth-order valence-electron chi connectivity index (χ4n) is 5.43. The summed E-state index contributed by atoms with van der Waals surface area (Å²) in [7, 11) is 1.72. The van der Waals surface area contributed by atoms with E-state index in [9.17, 15) is 0 Å². The second-order valence-corrected chi connectivity index (χ2v) is 10.7. The number of nitrogens with one attached hydrogen (secondary N) is 2. The van der Waals surface area contributed by atoms with E-state index in [4.69, 9.17) is 24.4 Å². The number of anilines is 1. The summed E-state index contributed by atoms with van der Waals surface area (Å²) < 4.78 is 13.7. The van der Waals surface area contributed by atoms with Crippen molar-refractivity contribution in [1.82, 2.24) is 24.8 Å². The van der Waals surface area contributed by atoms with Gasteiger partial charge in [0.15, 0.2) is 17.0 Å². The van der Waals surface area contributed by atoms with Crippen molar-refractivity contribution in [3.63, 3.8) is 0 Å². The molecule has 0 radical (unpaired) electrons. The van der Waals surface area contributed by atoms with Crippen LogP contribution >= 0.6 is 0 Å². The van der Waals surface area contributed by atoms with Gasteiger partial charge in [-0.25, -0.2) is 15.0 Å². The van der Waals surface area contributed by atoms with Crippen LogP contribution in [0.25, 0.3) is 11.2 Å². The van der Waals surface area contributed by atoms with Gasteiger partial charge in [0.25, 0.3) is 0 Å². The van der Waals surface area contributed by atoms with E-state index in [-0.39, 0.29) is 18.2 Å². The molecule has 2 atom stereocenters. The average molecular weight is 527 g/mol. The number of methoxy groups -OCH3 is 1. The molecule has 6 rings (SSSR count). The van der Waals surface area contributed by atoms with E-state index in [0.29, 0.717) is 13.2 Å². The first-order valence-corrected chi connectivity index (χ1v) is 14.2. The molecule has 4 aromatic rings. The predicted octanol–water partition coefficient (Wildman–Crippen LogP) is 4.94. The minimum Gasteiger partial charge on any atom is -0.382 e. The van der Waals surface area contributed by atoms with E-state index in [1.54, 1.807) is 7.11 Å². The Morgan fingerprint density at radius 3 is 2.41 bits per heavy atom. The topological polar surface area (TPSA) is 86.1 Å². The highest BCUT2D eigenvalue weighted by Crippen LogP contribution is 2.33. The molecular formula is C31H38N6O2. The maximum atomic E-state index is 6.28. The number of benzene rings is 2. The lowest BCUT2D eigenvalue weighted by atomic mass is 9.91. The summed E-state index contributed by atoms with van der Waals surface area (Å²) in [6.07, 6.45) is 7.18. The third kappa shape index (κ3) is 6.30. The highest BCUT2D eigenvalue weighted by molar-refractivity contribution is 5.83. The Hall–Kier alpha value is -3.33. The largest absolute Gasteiger partial charge is 0.382 e. The second-order valence-electron chi connectivity index (χ2n) is 10.7. The van der Waals surface area contributed by atoms with Crippen molar-refractivity contribution in [1.29, 1.82) is 0 Å². The Balaban J connectivity index is 1.27. The van der Waals surface area contributed by atoms with Crippen molar-refractivity contribution in [2.75, 3.05) is 38.7 Å². The molecule has 0 spiro atoms. The SMILES string of the molecule is COCC1CCC(n2cnc3c(NCC(c4ccccc4)c4ccccc4)nc(CCNCC4CC4)nc32)O1. The smallest absolute Gasteiger partial charge is 0.167 e. The molecule has 3 heterocycles. The van der Waals surface area contributed by atoms with Crippen molar-refractivity contribution in [2.24, 2.45) is 5.92 Å². The molecular weight excluding hydrogens is 488 g/mol. The molecule has 39 heavy (non-hydrogen) atoms. The Kier molecular flexibility index (Phi) is 8.13. The molecule has 1 aliphatic heterocycles. The number of ether oxygens (including phenoxy) is 2. The summed E-state index contributed by atoms with van der Waals surface area (Å²) in [5, 5.41) is 7.25. The minimum atomic E-state index is -0.0971. The van der Waals surface area contributed by atoms with Crippen LogP contribution in [0.5, 0.6) is 0 Å². The summed E-state index contributed by atoms with van der Waals surface area (Å²) in [6.45, 7) is 3.24. The van der Waals surface area contributed by atoms with Crippen LogP contribution < -0.4 is 10.6 Å². The maximum Gasteiger partial charge on any atom is 0.167 e. The standard InChI is InChI=1S/C31H38N6O2/c1-38-20-25-14-15-28(39-25)37-21-34-29-30(35-27(36-31(29)37)16-17-32-18-22-12-13-22)33-19-26(23-8-4-2-5-9-23)24-10-6-3-7-11-24/h2-11,21-22,25-26,28,32H,12-20H2,1H3,(H,33,35,36). The van der Waals surface area contributed by atoms with Crippen molar-refractivity contribution < 1.29 is 9.47 Å². The Labute approximate surface area is 230 Å². The number of nitrogens with zero attached hydrogens (tertiary/aromatic N) is 4. The molecule has 0 amide bonds. The van der Waals surface area contributed by atoms with Gasteiger partial charge in [0.1, 0.15) is 12.1 Å². The van der Waals surface area contributed by atoms with Gasteiger partial charge < -0.3 is 20.1 Å². The number of hydrogen-bond donors (Lipinski definition) is 2. The quantitative estimate of drug-likeness (QED) is 0.239. The molecule has 2 aromatic carbocycles. The molecule has 2 aromatic heterocycles. The third-order valence-corrected chi connectivity index (χ3v) is 7.75. The number of hydrogen-bond acceptors (Lipinski definition) is 7. The lowest BCUT2D eigenvalue weighted by Gasteiger charge is -2.20. The fraction of sp³-hybridized carbons (Fsp3) is 0.452. The fourth-order valence-corrected chi connectivity index (χ4v) is 5.43. The molecule has 1 aliphatic carbocycles. The van der Waals surface area contributed by atoms with Crippen LogP contribution in [0.3, 0.4) is 0 Å². The van der Waals surface area contributed by atoms with Crippen LogP contribution in [-0.4, -0.2) is 59.0 Å². The lowest BCUT2D eigenvalue weighted by molar-refractivity contribution is -0.0300. The van der Waals surface area contributed by atoms with Crippen molar-refractivity contribution >= 4 is 17.0 Å². The predicted molar refractivity (Wildman–Crippen MR) is 153 cm³/mol. The number of rotatable bonds is 13. The average Bonchev–Trinajstić information content (AvgIpc) is 3.52. The molecule has 2 unspecified atom stereocenters. The van der Waals surface area contributed by atoms with Crippen LogP contribution in [0, 0.1) is 5.92 Å². The summed E-state index contributed by atoms with van der Waals surface area (Å²) in [5.74, 6) is 2.62. The Bertz CT molecular complexity index is 1300. The molecule has 2 N–H and O–H groups in total. The van der Waals surface area contributed by atoms with Gasteiger partial charge in [-0.3, -0.25) is 4.57 Å². The normalized spacial score (nSPS) is 19.2. The first-order chi connectivity index (χ1) is 19.3. The van der Waals surface area contributed by atoms with Gasteiger partial charge >= 0.3 is 0 Å². The van der Waals surface area contributed by atoms with Crippen LogP contribution in [0.1, 0.15) is 54.8 Å². The van der Waals surface area contributed by atoms with E-state index in [1.165, 1.54) is 24.0 Å². The van der Waals surface area contributed by atoms with Crippen molar-refractivity contribution in [3.05, 3.63) is 83.9 Å². The van der Waals surface area contributed by atoms with Crippen LogP contribution in [0.15, 0.2) is 67.0 Å². The van der Waals surface area contributed by atoms with E-state index >= 15 is 0 Å². The molecule has 0 bridgehead atoms. The summed E-state index contributed by atoms with van der Waals surface area (Å²) in [5.41, 5.74) is 4.13. The highest BCUT2D eigenvalue weighted by Gasteiger charge is 2.29. The van der Waals surface area contributed by atoms with Gasteiger partial charge in [-0.1, -0.05) is 60.7 Å². The van der Waals surface area contributed by atoms with Crippen LogP contribution in [0.2, 0.25) is 0 Å². The van der Waals surface area contributed by atoms with Gasteiger partial charge in [0.05, 0.1) is 19.0 Å². The molecule has 204 valence electrons. The van der Waals surface area contributed by atoms with E-state index < -0.39 is 0 Å². The zero-order chi connectivity index (χ0) is 26.4. The number of aromatic nitrogens is 4. The first-order valence-electron chi connectivity index (χ1n) is 14.2. The molecule has 1 saturated carbocycles. The van der Waals surface area contributed by atoms with Gasteiger partial charge in [-0.2, -0.15) is 0 Å². The van der Waals surface area contributed by atoms with Gasteiger partial charge in [0, 0.05) is 32.5 Å². The lowest BCUT2D eigenvalue weighted by Crippen LogP contribution is -2.21. The van der Waals surface area contributed by atoms with Gasteiger partial charge in [-0.15, -0.1) is 0 Å². The Morgan fingerprint density at radius 1 is 0.974 bits per heavy atom. The Morgan fingerprint density at radius 2 is 1.72 bits per heavy atom. The van der Waals surface area contributed by atoms with E-state index in [0.717, 1.165) is 61.1 Å². The maximum absolute atomic E-state index is 6.28. The summed E-state index contributed by atoms with van der Waals surface area (Å²) in [4.78, 5) is 14.7.